The Bertz CT molecular complexity index is 521. The SMILES string of the molecule is CC1(C)OB(c2cnc(CC#N)c(O)c2)OC1(C)C. The zero-order chi connectivity index (χ0) is 14.3. The molecule has 0 saturated carbocycles. The number of nitriles is 1. The van der Waals surface area contributed by atoms with Gasteiger partial charge in [0.15, 0.2) is 0 Å². The molecule has 2 heterocycles. The van der Waals surface area contributed by atoms with Crippen LogP contribution in [-0.4, -0.2) is 28.4 Å². The zero-order valence-electron chi connectivity index (χ0n) is 11.6. The van der Waals surface area contributed by atoms with Crippen molar-refractivity contribution in [3.05, 3.63) is 18.0 Å². The van der Waals surface area contributed by atoms with Crippen LogP contribution in [0.25, 0.3) is 0 Å². The number of aromatic hydroxyl groups is 1. The minimum atomic E-state index is -0.556. The van der Waals surface area contributed by atoms with Crippen LogP contribution < -0.4 is 5.46 Å². The van der Waals surface area contributed by atoms with E-state index in [0.717, 1.165) is 0 Å². The second-order valence-corrected chi connectivity index (χ2v) is 5.66. The van der Waals surface area contributed by atoms with Gasteiger partial charge in [-0.1, -0.05) is 0 Å². The van der Waals surface area contributed by atoms with Gasteiger partial charge in [0.2, 0.25) is 0 Å². The Labute approximate surface area is 113 Å². The first-order valence-corrected chi connectivity index (χ1v) is 6.17. The summed E-state index contributed by atoms with van der Waals surface area (Å²) in [6, 6.07) is 3.50. The van der Waals surface area contributed by atoms with E-state index in [1.807, 2.05) is 33.8 Å². The highest BCUT2D eigenvalue weighted by atomic mass is 16.7. The van der Waals surface area contributed by atoms with Gasteiger partial charge in [0, 0.05) is 11.7 Å². The second-order valence-electron chi connectivity index (χ2n) is 5.66. The lowest BCUT2D eigenvalue weighted by Gasteiger charge is -2.32. The average Bonchev–Trinajstić information content (AvgIpc) is 2.51. The molecule has 1 fully saturated rings. The lowest BCUT2D eigenvalue weighted by atomic mass is 9.80. The van der Waals surface area contributed by atoms with Gasteiger partial charge in [-0.05, 0) is 33.8 Å². The molecule has 5 nitrogen and oxygen atoms in total. The van der Waals surface area contributed by atoms with E-state index in [2.05, 4.69) is 4.98 Å². The monoisotopic (exact) mass is 260 g/mol. The van der Waals surface area contributed by atoms with Crippen LogP contribution in [0.5, 0.6) is 5.75 Å². The summed E-state index contributed by atoms with van der Waals surface area (Å²) in [4.78, 5) is 4.08. The predicted octanol–water partition coefficient (Wildman–Crippen LogP) is 1.15. The van der Waals surface area contributed by atoms with Crippen molar-refractivity contribution in [1.82, 2.24) is 4.98 Å². The lowest BCUT2D eigenvalue weighted by molar-refractivity contribution is 0.00578. The van der Waals surface area contributed by atoms with Gasteiger partial charge >= 0.3 is 7.12 Å². The van der Waals surface area contributed by atoms with Crippen molar-refractivity contribution >= 4 is 12.6 Å². The number of nitrogens with zero attached hydrogens (tertiary/aromatic N) is 2. The number of aromatic nitrogens is 1. The number of rotatable bonds is 2. The Morgan fingerprint density at radius 1 is 1.32 bits per heavy atom. The normalized spacial score (nSPS) is 20.3. The number of hydrogen-bond donors (Lipinski definition) is 1. The summed E-state index contributed by atoms with van der Waals surface area (Å²) in [6.07, 6.45) is 1.66. The van der Waals surface area contributed by atoms with Crippen LogP contribution in [0.3, 0.4) is 0 Å². The summed E-state index contributed by atoms with van der Waals surface area (Å²) in [5, 5.41) is 18.4. The van der Waals surface area contributed by atoms with Gasteiger partial charge in [-0.25, -0.2) is 0 Å². The Kier molecular flexibility index (Phi) is 3.29. The Balaban J connectivity index is 2.26. The van der Waals surface area contributed by atoms with Gasteiger partial charge in [-0.2, -0.15) is 5.26 Å². The van der Waals surface area contributed by atoms with E-state index < -0.39 is 18.3 Å². The van der Waals surface area contributed by atoms with E-state index in [9.17, 15) is 5.11 Å². The summed E-state index contributed by atoms with van der Waals surface area (Å²) in [6.45, 7) is 7.85. The van der Waals surface area contributed by atoms with E-state index >= 15 is 0 Å². The Morgan fingerprint density at radius 2 is 1.89 bits per heavy atom. The molecule has 0 amide bonds. The molecule has 1 aliphatic rings. The molecule has 0 unspecified atom stereocenters. The summed E-state index contributed by atoms with van der Waals surface area (Å²) >= 11 is 0. The van der Waals surface area contributed by atoms with Crippen molar-refractivity contribution in [3.63, 3.8) is 0 Å². The maximum Gasteiger partial charge on any atom is 0.496 e. The first-order chi connectivity index (χ1) is 8.77. The molecule has 19 heavy (non-hydrogen) atoms. The quantitative estimate of drug-likeness (QED) is 0.807. The maximum absolute atomic E-state index is 9.82. The van der Waals surface area contributed by atoms with E-state index in [0.29, 0.717) is 11.2 Å². The first-order valence-electron chi connectivity index (χ1n) is 6.17. The van der Waals surface area contributed by atoms with E-state index in [1.165, 1.54) is 0 Å². The third-order valence-corrected chi connectivity index (χ3v) is 3.74. The van der Waals surface area contributed by atoms with Gasteiger partial charge in [0.25, 0.3) is 0 Å². The molecule has 0 aliphatic carbocycles. The molecule has 0 bridgehead atoms. The third kappa shape index (κ3) is 2.44. The Morgan fingerprint density at radius 3 is 2.37 bits per heavy atom. The lowest BCUT2D eigenvalue weighted by Crippen LogP contribution is -2.41. The largest absolute Gasteiger partial charge is 0.506 e. The molecule has 1 aliphatic heterocycles. The van der Waals surface area contributed by atoms with Crippen molar-refractivity contribution in [1.29, 1.82) is 5.26 Å². The average molecular weight is 260 g/mol. The van der Waals surface area contributed by atoms with E-state index in [4.69, 9.17) is 14.6 Å². The molecule has 100 valence electrons. The van der Waals surface area contributed by atoms with Crippen molar-refractivity contribution in [3.8, 4) is 11.8 Å². The molecule has 0 aromatic carbocycles. The molecule has 1 aromatic heterocycles. The molecule has 0 radical (unpaired) electrons. The summed E-state index contributed by atoms with van der Waals surface area (Å²) in [7, 11) is -0.556. The van der Waals surface area contributed by atoms with Gasteiger partial charge in [0.1, 0.15) is 5.75 Å². The standard InChI is InChI=1S/C13H17BN2O3/c1-12(2)13(3,4)19-14(18-12)9-7-11(17)10(5-6-15)16-8-9/h7-8,17H,5H2,1-4H3. The highest BCUT2D eigenvalue weighted by Crippen LogP contribution is 2.36. The fraction of sp³-hybridized carbons (Fsp3) is 0.538. The zero-order valence-corrected chi connectivity index (χ0v) is 11.6. The second kappa shape index (κ2) is 4.51. The summed E-state index contributed by atoms with van der Waals surface area (Å²) < 4.78 is 11.7. The van der Waals surface area contributed by atoms with Gasteiger partial charge < -0.3 is 14.4 Å². The highest BCUT2D eigenvalue weighted by Gasteiger charge is 2.51. The molecular weight excluding hydrogens is 243 g/mol. The number of hydrogen-bond acceptors (Lipinski definition) is 5. The minimum Gasteiger partial charge on any atom is -0.506 e. The van der Waals surface area contributed by atoms with Crippen molar-refractivity contribution in [2.45, 2.75) is 45.3 Å². The molecule has 1 aromatic rings. The molecule has 2 rings (SSSR count). The molecule has 0 atom stereocenters. The van der Waals surface area contributed by atoms with E-state index in [1.54, 1.807) is 12.3 Å². The number of pyridine rings is 1. The van der Waals surface area contributed by atoms with Crippen LogP contribution in [0.2, 0.25) is 0 Å². The van der Waals surface area contributed by atoms with E-state index in [-0.39, 0.29) is 12.2 Å². The molecular formula is C13H17BN2O3. The fourth-order valence-corrected chi connectivity index (χ4v) is 1.82. The smallest absolute Gasteiger partial charge is 0.496 e. The van der Waals surface area contributed by atoms with Crippen molar-refractivity contribution in [2.75, 3.05) is 0 Å². The topological polar surface area (TPSA) is 75.4 Å². The first kappa shape index (κ1) is 13.8. The summed E-state index contributed by atoms with van der Waals surface area (Å²) in [5.74, 6) is -0.00578. The molecule has 1 saturated heterocycles. The van der Waals surface area contributed by atoms with Gasteiger partial charge in [0.05, 0.1) is 29.4 Å². The van der Waals surface area contributed by atoms with Crippen molar-refractivity contribution < 1.29 is 14.4 Å². The molecule has 1 N–H and O–H groups in total. The van der Waals surface area contributed by atoms with Crippen LogP contribution in [0.1, 0.15) is 33.4 Å². The summed E-state index contributed by atoms with van der Waals surface area (Å²) in [5.41, 5.74) is 0.151. The van der Waals surface area contributed by atoms with Gasteiger partial charge in [-0.15, -0.1) is 0 Å². The van der Waals surface area contributed by atoms with Crippen LogP contribution >= 0.6 is 0 Å². The molecule has 0 spiro atoms. The van der Waals surface area contributed by atoms with Gasteiger partial charge in [-0.3, -0.25) is 4.98 Å². The predicted molar refractivity (Wildman–Crippen MR) is 70.9 cm³/mol. The van der Waals surface area contributed by atoms with Crippen LogP contribution in [-0.2, 0) is 15.7 Å². The van der Waals surface area contributed by atoms with Crippen LogP contribution in [0, 0.1) is 11.3 Å². The van der Waals surface area contributed by atoms with Crippen LogP contribution in [0.4, 0.5) is 0 Å². The van der Waals surface area contributed by atoms with Crippen LogP contribution in [0.15, 0.2) is 12.3 Å². The highest BCUT2D eigenvalue weighted by molar-refractivity contribution is 6.62. The van der Waals surface area contributed by atoms with Crippen molar-refractivity contribution in [2.24, 2.45) is 0 Å². The fourth-order valence-electron chi connectivity index (χ4n) is 1.82. The maximum atomic E-state index is 9.82. The Hall–Kier alpha value is -1.58. The third-order valence-electron chi connectivity index (χ3n) is 3.74. The minimum absolute atomic E-state index is 0.00578. The molecule has 6 heteroatoms.